The molecule has 1 atom stereocenters. The van der Waals surface area contributed by atoms with Gasteiger partial charge in [0, 0.05) is 37.3 Å². The maximum atomic E-state index is 12.7. The molecule has 0 aromatic carbocycles. The van der Waals surface area contributed by atoms with Crippen molar-refractivity contribution < 1.29 is 9.32 Å². The molecule has 7 nitrogen and oxygen atoms in total. The molecule has 144 valence electrons. The van der Waals surface area contributed by atoms with Crippen LogP contribution in [0.25, 0.3) is 0 Å². The van der Waals surface area contributed by atoms with Crippen LogP contribution in [0.3, 0.4) is 0 Å². The van der Waals surface area contributed by atoms with E-state index in [1.54, 1.807) is 11.0 Å². The second-order valence-corrected chi connectivity index (χ2v) is 7.94. The highest BCUT2D eigenvalue weighted by atomic mass is 16.5. The highest BCUT2D eigenvalue weighted by Gasteiger charge is 2.28. The van der Waals surface area contributed by atoms with Crippen LogP contribution in [0.5, 0.6) is 0 Å². The van der Waals surface area contributed by atoms with Gasteiger partial charge in [-0.25, -0.2) is 9.97 Å². The minimum Gasteiger partial charge on any atom is -0.351 e. The Balaban J connectivity index is 1.49. The third-order valence-corrected chi connectivity index (χ3v) is 5.64. The number of amides is 1. The van der Waals surface area contributed by atoms with Crippen molar-refractivity contribution in [1.82, 2.24) is 24.9 Å². The van der Waals surface area contributed by atoms with Gasteiger partial charge in [-0.2, -0.15) is 0 Å². The predicted octanol–water partition coefficient (Wildman–Crippen LogP) is 2.94. The van der Waals surface area contributed by atoms with Crippen LogP contribution in [0.4, 0.5) is 0 Å². The monoisotopic (exact) mass is 369 g/mol. The standard InChI is InChI=1S/C20H27N5O2/c1-13(2)16-10-18(27-23-16)20(26)25-9-7-15-14(12-25)11-21-19(22-15)17-6-4-5-8-24(17)3/h10-11,13,17H,4-9,12H2,1-3H3. The molecule has 4 heterocycles. The number of piperidine rings is 1. The van der Waals surface area contributed by atoms with Crippen LogP contribution < -0.4 is 0 Å². The quantitative estimate of drug-likeness (QED) is 0.828. The number of carbonyl (C=O) groups excluding carboxylic acids is 1. The van der Waals surface area contributed by atoms with Gasteiger partial charge in [-0.1, -0.05) is 25.4 Å². The van der Waals surface area contributed by atoms with Crippen LogP contribution in [0.1, 0.15) is 78.4 Å². The van der Waals surface area contributed by atoms with Gasteiger partial charge in [-0.3, -0.25) is 9.69 Å². The number of nitrogens with zero attached hydrogens (tertiary/aromatic N) is 5. The lowest BCUT2D eigenvalue weighted by Crippen LogP contribution is -2.37. The normalized spacial score (nSPS) is 20.7. The van der Waals surface area contributed by atoms with Crippen LogP contribution in [0, 0.1) is 0 Å². The molecule has 1 fully saturated rings. The molecule has 4 rings (SSSR count). The molecular weight excluding hydrogens is 342 g/mol. The summed E-state index contributed by atoms with van der Waals surface area (Å²) in [5, 5.41) is 3.99. The number of aromatic nitrogens is 3. The van der Waals surface area contributed by atoms with Crippen LogP contribution in [-0.4, -0.2) is 51.0 Å². The number of likely N-dealkylation sites (tertiary alicyclic amines) is 1. The molecule has 0 spiro atoms. The van der Waals surface area contributed by atoms with E-state index in [0.29, 0.717) is 24.9 Å². The van der Waals surface area contributed by atoms with Gasteiger partial charge < -0.3 is 9.42 Å². The van der Waals surface area contributed by atoms with Crippen LogP contribution in [0.15, 0.2) is 16.8 Å². The number of hydrogen-bond acceptors (Lipinski definition) is 6. The van der Waals surface area contributed by atoms with Gasteiger partial charge in [0.2, 0.25) is 5.76 Å². The van der Waals surface area contributed by atoms with Crippen LogP contribution in [-0.2, 0) is 13.0 Å². The van der Waals surface area contributed by atoms with E-state index >= 15 is 0 Å². The smallest absolute Gasteiger partial charge is 0.292 e. The van der Waals surface area contributed by atoms with E-state index in [-0.39, 0.29) is 11.8 Å². The van der Waals surface area contributed by atoms with Crippen molar-refractivity contribution in [2.75, 3.05) is 20.1 Å². The Hall–Kier alpha value is -2.28. The van der Waals surface area contributed by atoms with Crippen LogP contribution in [0.2, 0.25) is 0 Å². The van der Waals surface area contributed by atoms with E-state index in [9.17, 15) is 4.79 Å². The summed E-state index contributed by atoms with van der Waals surface area (Å²) in [5.74, 6) is 1.36. The highest BCUT2D eigenvalue weighted by molar-refractivity contribution is 5.91. The van der Waals surface area contributed by atoms with Gasteiger partial charge in [0.25, 0.3) is 5.91 Å². The average molecular weight is 369 g/mol. The Bertz CT molecular complexity index is 832. The van der Waals surface area contributed by atoms with E-state index in [2.05, 4.69) is 22.1 Å². The molecule has 0 radical (unpaired) electrons. The van der Waals surface area contributed by atoms with E-state index in [1.807, 2.05) is 20.0 Å². The first-order valence-electron chi connectivity index (χ1n) is 9.83. The predicted molar refractivity (Wildman–Crippen MR) is 100 cm³/mol. The molecule has 0 N–H and O–H groups in total. The minimum atomic E-state index is -0.115. The molecule has 1 saturated heterocycles. The van der Waals surface area contributed by atoms with Crippen molar-refractivity contribution in [3.8, 4) is 0 Å². The summed E-state index contributed by atoms with van der Waals surface area (Å²) >= 11 is 0. The molecule has 2 aromatic heterocycles. The zero-order valence-corrected chi connectivity index (χ0v) is 16.3. The Labute approximate surface area is 159 Å². The van der Waals surface area contributed by atoms with Gasteiger partial charge in [-0.15, -0.1) is 0 Å². The summed E-state index contributed by atoms with van der Waals surface area (Å²) in [7, 11) is 2.15. The van der Waals surface area contributed by atoms with Crippen molar-refractivity contribution in [2.45, 2.75) is 58.0 Å². The summed E-state index contributed by atoms with van der Waals surface area (Å²) in [6, 6.07) is 2.06. The molecule has 0 bridgehead atoms. The van der Waals surface area contributed by atoms with Crippen molar-refractivity contribution in [1.29, 1.82) is 0 Å². The Morgan fingerprint density at radius 1 is 1.30 bits per heavy atom. The summed E-state index contributed by atoms with van der Waals surface area (Å²) in [6.45, 7) is 6.32. The first-order valence-corrected chi connectivity index (χ1v) is 9.83. The molecule has 2 aromatic rings. The third-order valence-electron chi connectivity index (χ3n) is 5.64. The number of carbonyl (C=O) groups is 1. The largest absolute Gasteiger partial charge is 0.351 e. The van der Waals surface area contributed by atoms with Crippen molar-refractivity contribution in [3.63, 3.8) is 0 Å². The summed E-state index contributed by atoms with van der Waals surface area (Å²) in [6.07, 6.45) is 6.24. The molecule has 0 saturated carbocycles. The Kier molecular flexibility index (Phi) is 4.95. The molecule has 27 heavy (non-hydrogen) atoms. The molecule has 2 aliphatic heterocycles. The van der Waals surface area contributed by atoms with E-state index in [0.717, 1.165) is 42.2 Å². The zero-order valence-electron chi connectivity index (χ0n) is 16.3. The first-order chi connectivity index (χ1) is 13.0. The van der Waals surface area contributed by atoms with Gasteiger partial charge >= 0.3 is 0 Å². The zero-order chi connectivity index (χ0) is 19.0. The maximum absolute atomic E-state index is 12.7. The highest BCUT2D eigenvalue weighted by Crippen LogP contribution is 2.28. The SMILES string of the molecule is CC(C)c1cc(C(=O)N2CCc3nc(C4CCCCN4C)ncc3C2)on1. The average Bonchev–Trinajstić information content (AvgIpc) is 3.17. The molecule has 1 unspecified atom stereocenters. The summed E-state index contributed by atoms with van der Waals surface area (Å²) in [4.78, 5) is 26.4. The Morgan fingerprint density at radius 2 is 2.15 bits per heavy atom. The topological polar surface area (TPSA) is 75.4 Å². The van der Waals surface area contributed by atoms with Crippen molar-refractivity contribution in [2.24, 2.45) is 0 Å². The lowest BCUT2D eigenvalue weighted by molar-refractivity contribution is 0.0690. The molecule has 7 heteroatoms. The van der Waals surface area contributed by atoms with Crippen molar-refractivity contribution >= 4 is 5.91 Å². The Morgan fingerprint density at radius 3 is 2.89 bits per heavy atom. The van der Waals surface area contributed by atoms with Gasteiger partial charge in [0.15, 0.2) is 0 Å². The van der Waals surface area contributed by atoms with Gasteiger partial charge in [0.05, 0.1) is 17.4 Å². The van der Waals surface area contributed by atoms with E-state index in [1.165, 1.54) is 12.8 Å². The van der Waals surface area contributed by atoms with E-state index in [4.69, 9.17) is 9.51 Å². The lowest BCUT2D eigenvalue weighted by Gasteiger charge is -2.32. The third kappa shape index (κ3) is 3.60. The van der Waals surface area contributed by atoms with Gasteiger partial charge in [0.1, 0.15) is 5.82 Å². The molecule has 2 aliphatic rings. The van der Waals surface area contributed by atoms with E-state index < -0.39 is 0 Å². The molecular formula is C20H27N5O2. The fraction of sp³-hybridized carbons (Fsp3) is 0.600. The second kappa shape index (κ2) is 7.38. The minimum absolute atomic E-state index is 0.115. The van der Waals surface area contributed by atoms with Crippen molar-refractivity contribution in [3.05, 3.63) is 40.8 Å². The second-order valence-electron chi connectivity index (χ2n) is 7.94. The number of hydrogen-bond donors (Lipinski definition) is 0. The maximum Gasteiger partial charge on any atom is 0.292 e. The lowest BCUT2D eigenvalue weighted by atomic mass is 10.0. The fourth-order valence-corrected chi connectivity index (χ4v) is 3.88. The summed E-state index contributed by atoms with van der Waals surface area (Å²) < 4.78 is 5.26. The van der Waals surface area contributed by atoms with Crippen LogP contribution >= 0.6 is 0 Å². The fourth-order valence-electron chi connectivity index (χ4n) is 3.88. The molecule has 1 amide bonds. The first kappa shape index (κ1) is 18.1. The number of rotatable bonds is 3. The van der Waals surface area contributed by atoms with Gasteiger partial charge in [-0.05, 0) is 32.4 Å². The molecule has 0 aliphatic carbocycles. The summed E-state index contributed by atoms with van der Waals surface area (Å²) in [5.41, 5.74) is 2.91. The number of fused-ring (bicyclic) bond motifs is 1.